The number of hydrogen-bond donors (Lipinski definition) is 2. The Morgan fingerprint density at radius 2 is 0.651 bits per heavy atom. The molecule has 9 heteroatoms. The van der Waals surface area contributed by atoms with Crippen LogP contribution in [0.2, 0.25) is 0 Å². The predicted molar refractivity (Wildman–Crippen MR) is 376 cm³/mol. The van der Waals surface area contributed by atoms with Gasteiger partial charge in [-0.05, 0) is 44.9 Å². The number of nitrogens with one attached hydrogen (secondary N) is 1. The number of likely N-dealkylation sites (N-methyl/N-ethyl adjacent to an activating group) is 1. The molecule has 0 aliphatic carbocycles. The van der Waals surface area contributed by atoms with Crippen LogP contribution in [0, 0.1) is 0 Å². The van der Waals surface area contributed by atoms with Crippen LogP contribution < -0.4 is 10.2 Å². The maximum atomic E-state index is 13.1. The van der Waals surface area contributed by atoms with E-state index >= 15 is 0 Å². The molecule has 0 aromatic carbocycles. The van der Waals surface area contributed by atoms with Crippen molar-refractivity contribution in [2.75, 3.05) is 40.9 Å². The number of rotatable bonds is 72. The van der Waals surface area contributed by atoms with Gasteiger partial charge in [0.05, 0.1) is 39.9 Å². The van der Waals surface area contributed by atoms with E-state index < -0.39 is 26.6 Å². The molecule has 0 spiro atoms. The lowest BCUT2D eigenvalue weighted by Gasteiger charge is -2.29. The Kier molecular flexibility index (Phi) is 67.1. The van der Waals surface area contributed by atoms with Crippen LogP contribution in [0.5, 0.6) is 0 Å². The fraction of sp³-hybridized carbons (Fsp3) is 0.909. The van der Waals surface area contributed by atoms with Crippen molar-refractivity contribution in [3.63, 3.8) is 0 Å². The third-order valence-electron chi connectivity index (χ3n) is 17.8. The zero-order chi connectivity index (χ0) is 62.6. The van der Waals surface area contributed by atoms with E-state index in [-0.39, 0.29) is 12.5 Å². The van der Waals surface area contributed by atoms with E-state index in [1.165, 1.54) is 334 Å². The van der Waals surface area contributed by atoms with Gasteiger partial charge in [0.2, 0.25) is 5.91 Å². The van der Waals surface area contributed by atoms with Crippen LogP contribution in [0.15, 0.2) is 36.5 Å². The second-order valence-electron chi connectivity index (χ2n) is 27.7. The van der Waals surface area contributed by atoms with Crippen LogP contribution in [0.4, 0.5) is 0 Å². The SMILES string of the molecule is CCCCCCCCCCCCCCCCCCCCCCCC/C=C/CC/C=C/CC/C=C/C(O)C(COP(=O)([O-])OCC[N+](C)(C)C)NC(=O)CCCCCCCCCCCCCCCCCCCCCCCCCCCCCCCCCC. The third-order valence-corrected chi connectivity index (χ3v) is 18.8. The van der Waals surface area contributed by atoms with Crippen LogP contribution in [0.25, 0.3) is 0 Å². The number of quaternary nitrogens is 1. The van der Waals surface area contributed by atoms with E-state index in [1.54, 1.807) is 6.08 Å². The van der Waals surface area contributed by atoms with Gasteiger partial charge in [0.25, 0.3) is 7.82 Å². The average molecular weight is 1230 g/mol. The summed E-state index contributed by atoms with van der Waals surface area (Å²) in [5, 5.41) is 14.0. The van der Waals surface area contributed by atoms with Gasteiger partial charge in [-0.15, -0.1) is 0 Å². The van der Waals surface area contributed by atoms with Crippen LogP contribution >= 0.6 is 7.82 Å². The Morgan fingerprint density at radius 1 is 0.395 bits per heavy atom. The summed E-state index contributed by atoms with van der Waals surface area (Å²) in [6, 6.07) is -0.910. The molecule has 0 rings (SSSR count). The minimum absolute atomic E-state index is 0.00696. The highest BCUT2D eigenvalue weighted by molar-refractivity contribution is 7.45. The molecule has 0 aromatic heterocycles. The number of hydrogen-bond acceptors (Lipinski definition) is 6. The molecule has 0 bridgehead atoms. The van der Waals surface area contributed by atoms with Gasteiger partial charge in [-0.1, -0.05) is 384 Å². The minimum atomic E-state index is -4.62. The number of phosphoric acid groups is 1. The standard InChI is InChI=1S/C77H151N2O6P/c1-6-8-10-12-14-16-18-20-22-24-26-28-30-32-34-36-38-40-42-44-46-48-50-52-54-56-58-60-62-64-66-68-70-76(80)75(74-85-86(82,83)84-73-72-79(3,4)5)78-77(81)71-69-67-65-63-61-59-57-55-53-51-49-47-45-43-41-39-37-35-33-31-29-27-25-23-21-19-17-15-13-11-9-7-2/h52,54,60,62,68,70,75-76,80H,6-51,53,55-59,61,63-67,69,71-74H2,1-5H3,(H-,78,81,82,83)/b54-52+,62-60+,70-68+. The van der Waals surface area contributed by atoms with Gasteiger partial charge in [-0.2, -0.15) is 0 Å². The van der Waals surface area contributed by atoms with E-state index in [9.17, 15) is 19.4 Å². The summed E-state index contributed by atoms with van der Waals surface area (Å²) in [7, 11) is 1.25. The van der Waals surface area contributed by atoms with E-state index in [2.05, 4.69) is 43.5 Å². The summed E-state index contributed by atoms with van der Waals surface area (Å²) in [5.41, 5.74) is 0. The first-order valence-corrected chi connectivity index (χ1v) is 39.8. The highest BCUT2D eigenvalue weighted by atomic mass is 31.2. The molecular formula is C77H151N2O6P. The molecule has 0 fully saturated rings. The molecule has 1 amide bonds. The summed E-state index contributed by atoms with van der Waals surface area (Å²) in [4.78, 5) is 25.7. The predicted octanol–water partition coefficient (Wildman–Crippen LogP) is 24.2. The number of nitrogens with zero attached hydrogens (tertiary/aromatic N) is 1. The van der Waals surface area contributed by atoms with Gasteiger partial charge < -0.3 is 28.8 Å². The molecule has 8 nitrogen and oxygen atoms in total. The molecule has 0 heterocycles. The number of phosphoric ester groups is 1. The molecule has 0 saturated carbocycles. The summed E-state index contributed by atoms with van der Waals surface area (Å²) in [6.45, 7) is 4.69. The summed E-state index contributed by atoms with van der Waals surface area (Å²) >= 11 is 0. The smallest absolute Gasteiger partial charge is 0.268 e. The lowest BCUT2D eigenvalue weighted by molar-refractivity contribution is -0.870. The molecule has 510 valence electrons. The Morgan fingerprint density at radius 3 is 0.942 bits per heavy atom. The molecule has 0 aliphatic rings. The highest BCUT2D eigenvalue weighted by Gasteiger charge is 2.23. The lowest BCUT2D eigenvalue weighted by atomic mass is 10.0. The van der Waals surface area contributed by atoms with Gasteiger partial charge in [-0.25, -0.2) is 0 Å². The van der Waals surface area contributed by atoms with E-state index in [0.29, 0.717) is 17.4 Å². The average Bonchev–Trinajstić information content (AvgIpc) is 3.70. The van der Waals surface area contributed by atoms with Gasteiger partial charge in [0.1, 0.15) is 13.2 Å². The molecule has 0 aliphatic heterocycles. The van der Waals surface area contributed by atoms with Gasteiger partial charge in [0.15, 0.2) is 0 Å². The molecular weight excluding hydrogens is 1080 g/mol. The van der Waals surface area contributed by atoms with Crippen LogP contribution in [-0.4, -0.2) is 68.5 Å². The number of carbonyl (C=O) groups excluding carboxylic acids is 1. The highest BCUT2D eigenvalue weighted by Crippen LogP contribution is 2.38. The largest absolute Gasteiger partial charge is 0.756 e. The topological polar surface area (TPSA) is 108 Å². The molecule has 0 saturated heterocycles. The van der Waals surface area contributed by atoms with Crippen LogP contribution in [-0.2, 0) is 18.4 Å². The Balaban J connectivity index is 4.03. The van der Waals surface area contributed by atoms with Crippen molar-refractivity contribution in [3.8, 4) is 0 Å². The fourth-order valence-corrected chi connectivity index (χ4v) is 12.6. The van der Waals surface area contributed by atoms with E-state index in [1.807, 2.05) is 27.2 Å². The van der Waals surface area contributed by atoms with Crippen molar-refractivity contribution >= 4 is 13.7 Å². The van der Waals surface area contributed by atoms with Crippen molar-refractivity contribution in [2.45, 2.75) is 411 Å². The zero-order valence-electron chi connectivity index (χ0n) is 58.5. The summed E-state index contributed by atoms with van der Waals surface area (Å²) in [5.74, 6) is -0.202. The Labute approximate surface area is 537 Å². The molecule has 86 heavy (non-hydrogen) atoms. The lowest BCUT2D eigenvalue weighted by Crippen LogP contribution is -2.45. The van der Waals surface area contributed by atoms with E-state index in [4.69, 9.17) is 9.05 Å². The van der Waals surface area contributed by atoms with Crippen molar-refractivity contribution in [3.05, 3.63) is 36.5 Å². The Hall–Kier alpha value is -1.28. The molecule has 3 atom stereocenters. The first kappa shape index (κ1) is 84.7. The summed E-state index contributed by atoms with van der Waals surface area (Å²) in [6.07, 6.45) is 91.7. The van der Waals surface area contributed by atoms with Crippen LogP contribution in [0.1, 0.15) is 399 Å². The fourth-order valence-electron chi connectivity index (χ4n) is 11.9. The number of unbranched alkanes of at least 4 members (excludes halogenated alkanes) is 55. The number of allylic oxidation sites excluding steroid dienone is 5. The van der Waals surface area contributed by atoms with Gasteiger partial charge >= 0.3 is 0 Å². The van der Waals surface area contributed by atoms with Crippen molar-refractivity contribution in [1.82, 2.24) is 5.32 Å². The number of carbonyl (C=O) groups is 1. The van der Waals surface area contributed by atoms with E-state index in [0.717, 1.165) is 44.9 Å². The van der Waals surface area contributed by atoms with Gasteiger partial charge in [0, 0.05) is 6.42 Å². The second-order valence-corrected chi connectivity index (χ2v) is 29.1. The molecule has 3 unspecified atom stereocenters. The normalized spacial score (nSPS) is 13.7. The van der Waals surface area contributed by atoms with Crippen molar-refractivity contribution in [1.29, 1.82) is 0 Å². The zero-order valence-corrected chi connectivity index (χ0v) is 59.4. The monoisotopic (exact) mass is 1230 g/mol. The van der Waals surface area contributed by atoms with Crippen molar-refractivity contribution in [2.24, 2.45) is 0 Å². The number of aliphatic hydroxyl groups is 1. The maximum Gasteiger partial charge on any atom is 0.268 e. The number of aliphatic hydroxyl groups excluding tert-OH is 1. The second kappa shape index (κ2) is 68.1. The molecule has 2 N–H and O–H groups in total. The summed E-state index contributed by atoms with van der Waals surface area (Å²) < 4.78 is 23.5. The maximum absolute atomic E-state index is 13.1. The molecule has 0 aromatic rings. The van der Waals surface area contributed by atoms with Crippen molar-refractivity contribution < 1.29 is 32.9 Å². The quantitative estimate of drug-likeness (QED) is 0.0272. The first-order chi connectivity index (χ1) is 42.0. The minimum Gasteiger partial charge on any atom is -0.756 e. The van der Waals surface area contributed by atoms with Crippen LogP contribution in [0.3, 0.4) is 0 Å². The molecule has 0 radical (unpaired) electrons. The Bertz CT molecular complexity index is 1500. The first-order valence-electron chi connectivity index (χ1n) is 38.4. The number of amides is 1. The third kappa shape index (κ3) is 70.2. The van der Waals surface area contributed by atoms with Gasteiger partial charge in [-0.3, -0.25) is 9.36 Å².